The van der Waals surface area contributed by atoms with Crippen molar-refractivity contribution in [3.05, 3.63) is 206 Å². The predicted octanol–water partition coefficient (Wildman–Crippen LogP) is 13.0. The van der Waals surface area contributed by atoms with E-state index in [0.717, 1.165) is 60.8 Å². The second-order valence-electron chi connectivity index (χ2n) is 13.7. The zero-order chi connectivity index (χ0) is 36.6. The molecule has 0 spiro atoms. The Hall–Kier alpha value is -7.43. The first kappa shape index (κ1) is 32.2. The molecule has 10 rings (SSSR count). The smallest absolute Gasteiger partial charge is 0.238 e. The van der Waals surface area contributed by atoms with Crippen molar-refractivity contribution in [2.75, 3.05) is 0 Å². The summed E-state index contributed by atoms with van der Waals surface area (Å²) in [5.41, 5.74) is 13.2. The van der Waals surface area contributed by atoms with Crippen molar-refractivity contribution in [2.24, 2.45) is 0 Å². The van der Waals surface area contributed by atoms with Gasteiger partial charge in [0.05, 0.1) is 11.0 Å². The molecular weight excluding hydrogens is 669 g/mol. The van der Waals surface area contributed by atoms with Gasteiger partial charge in [0.1, 0.15) is 0 Å². The van der Waals surface area contributed by atoms with Gasteiger partial charge in [0, 0.05) is 21.9 Å². The van der Waals surface area contributed by atoms with E-state index in [9.17, 15) is 0 Å². The second-order valence-corrected chi connectivity index (χ2v) is 13.7. The number of benzene rings is 8. The van der Waals surface area contributed by atoms with Crippen LogP contribution in [0.3, 0.4) is 0 Å². The molecular formula is C51H34N4. The number of hydrogen-bond acceptors (Lipinski definition) is 3. The zero-order valence-electron chi connectivity index (χ0n) is 29.9. The van der Waals surface area contributed by atoms with E-state index in [1.165, 1.54) is 16.7 Å². The van der Waals surface area contributed by atoms with Crippen LogP contribution in [0.15, 0.2) is 206 Å². The lowest BCUT2D eigenvalue weighted by Gasteiger charge is -2.13. The van der Waals surface area contributed by atoms with Gasteiger partial charge < -0.3 is 0 Å². The molecule has 55 heavy (non-hydrogen) atoms. The van der Waals surface area contributed by atoms with Gasteiger partial charge >= 0.3 is 0 Å². The predicted molar refractivity (Wildman–Crippen MR) is 227 cm³/mol. The third-order valence-corrected chi connectivity index (χ3v) is 10.3. The molecule has 0 aliphatic heterocycles. The topological polar surface area (TPSA) is 43.6 Å². The number of nitrogens with zero attached hydrogens (tertiary/aromatic N) is 4. The first-order valence-electron chi connectivity index (χ1n) is 18.5. The van der Waals surface area contributed by atoms with Crippen LogP contribution >= 0.6 is 0 Å². The van der Waals surface area contributed by atoms with Gasteiger partial charge in [0.15, 0.2) is 11.6 Å². The Morgan fingerprint density at radius 3 is 1.24 bits per heavy atom. The maximum Gasteiger partial charge on any atom is 0.238 e. The molecule has 2 aromatic heterocycles. The Labute approximate surface area is 319 Å². The van der Waals surface area contributed by atoms with Crippen molar-refractivity contribution in [3.8, 4) is 73.2 Å². The fourth-order valence-electron chi connectivity index (χ4n) is 7.56. The molecule has 0 radical (unpaired) electrons. The molecule has 0 atom stereocenters. The fraction of sp³-hybridized carbons (Fsp3) is 0. The molecule has 0 aliphatic rings. The summed E-state index contributed by atoms with van der Waals surface area (Å²) in [6.07, 6.45) is 0. The SMILES string of the molecule is c1ccc(-c2ccc(-c3nc(-c4ccccc4)nc(-n4c5ccccc5c5c(-c6ccc(-c7ccccc7)cc6)cc(-c6ccccc6)cc54)n3)cc2)cc1. The van der Waals surface area contributed by atoms with Gasteiger partial charge in [-0.15, -0.1) is 0 Å². The Kier molecular flexibility index (Phi) is 8.12. The lowest BCUT2D eigenvalue weighted by atomic mass is 9.93. The molecule has 10 aromatic rings. The lowest BCUT2D eigenvalue weighted by molar-refractivity contribution is 0.953. The average Bonchev–Trinajstić information content (AvgIpc) is 3.61. The number of rotatable bonds is 7. The summed E-state index contributed by atoms with van der Waals surface area (Å²) in [7, 11) is 0. The van der Waals surface area contributed by atoms with Crippen molar-refractivity contribution in [3.63, 3.8) is 0 Å². The number of fused-ring (bicyclic) bond motifs is 3. The molecule has 0 saturated carbocycles. The van der Waals surface area contributed by atoms with Gasteiger partial charge in [-0.3, -0.25) is 4.57 Å². The van der Waals surface area contributed by atoms with Crippen molar-refractivity contribution in [1.29, 1.82) is 0 Å². The Balaban J connectivity index is 1.22. The molecule has 0 amide bonds. The van der Waals surface area contributed by atoms with Crippen LogP contribution in [0.1, 0.15) is 0 Å². The van der Waals surface area contributed by atoms with Crippen molar-refractivity contribution in [2.45, 2.75) is 0 Å². The minimum absolute atomic E-state index is 0.567. The highest BCUT2D eigenvalue weighted by Gasteiger charge is 2.21. The highest BCUT2D eigenvalue weighted by atomic mass is 15.2. The molecule has 0 saturated heterocycles. The summed E-state index contributed by atoms with van der Waals surface area (Å²) in [6, 6.07) is 72.3. The van der Waals surface area contributed by atoms with Crippen LogP contribution in [0, 0.1) is 0 Å². The molecule has 8 aromatic carbocycles. The van der Waals surface area contributed by atoms with E-state index in [-0.39, 0.29) is 0 Å². The standard InChI is InChI=1S/C51H34N4/c1-5-15-35(16-6-1)38-25-29-40(30-26-38)45-33-43(37-19-9-3-10-20-37)34-47-48(45)44-23-13-14-24-46(44)55(47)51-53-49(41-21-11-4-12-22-41)52-50(54-51)42-31-27-39(28-32-42)36-17-7-2-8-18-36/h1-34H. The van der Waals surface area contributed by atoms with Crippen molar-refractivity contribution in [1.82, 2.24) is 19.5 Å². The third kappa shape index (κ3) is 6.06. The van der Waals surface area contributed by atoms with E-state index in [2.05, 4.69) is 187 Å². The van der Waals surface area contributed by atoms with Gasteiger partial charge in [0.25, 0.3) is 0 Å². The third-order valence-electron chi connectivity index (χ3n) is 10.3. The summed E-state index contributed by atoms with van der Waals surface area (Å²) in [5.74, 6) is 1.80. The normalized spacial score (nSPS) is 11.3. The Bertz CT molecular complexity index is 2920. The number of hydrogen-bond donors (Lipinski definition) is 0. The van der Waals surface area contributed by atoms with Gasteiger partial charge in [0.2, 0.25) is 5.95 Å². The summed E-state index contributed by atoms with van der Waals surface area (Å²) in [5, 5.41) is 2.29. The molecule has 0 N–H and O–H groups in total. The quantitative estimate of drug-likeness (QED) is 0.166. The number of aromatic nitrogens is 4. The maximum atomic E-state index is 5.27. The average molecular weight is 703 g/mol. The summed E-state index contributed by atoms with van der Waals surface area (Å²) >= 11 is 0. The van der Waals surface area contributed by atoms with Gasteiger partial charge in [-0.1, -0.05) is 188 Å². The van der Waals surface area contributed by atoms with Crippen LogP contribution in [-0.4, -0.2) is 19.5 Å². The molecule has 4 nitrogen and oxygen atoms in total. The first-order chi connectivity index (χ1) is 27.3. The summed E-state index contributed by atoms with van der Waals surface area (Å²) < 4.78 is 2.22. The van der Waals surface area contributed by atoms with Crippen LogP contribution in [0.4, 0.5) is 0 Å². The monoisotopic (exact) mass is 702 g/mol. The highest BCUT2D eigenvalue weighted by Crippen LogP contribution is 2.42. The van der Waals surface area contributed by atoms with Gasteiger partial charge in [-0.2, -0.15) is 9.97 Å². The van der Waals surface area contributed by atoms with E-state index in [4.69, 9.17) is 15.0 Å². The largest absolute Gasteiger partial charge is 0.278 e. The van der Waals surface area contributed by atoms with Crippen LogP contribution in [-0.2, 0) is 0 Å². The Morgan fingerprint density at radius 2 is 0.691 bits per heavy atom. The minimum Gasteiger partial charge on any atom is -0.278 e. The molecule has 0 bridgehead atoms. The van der Waals surface area contributed by atoms with E-state index in [0.29, 0.717) is 17.6 Å². The van der Waals surface area contributed by atoms with E-state index >= 15 is 0 Å². The van der Waals surface area contributed by atoms with Crippen LogP contribution in [0.2, 0.25) is 0 Å². The van der Waals surface area contributed by atoms with Gasteiger partial charge in [-0.05, 0) is 62.7 Å². The van der Waals surface area contributed by atoms with Crippen LogP contribution in [0.25, 0.3) is 95.0 Å². The molecule has 4 heteroatoms. The molecule has 0 fully saturated rings. The minimum atomic E-state index is 0.567. The van der Waals surface area contributed by atoms with Crippen LogP contribution in [0.5, 0.6) is 0 Å². The highest BCUT2D eigenvalue weighted by molar-refractivity contribution is 6.16. The van der Waals surface area contributed by atoms with Crippen molar-refractivity contribution < 1.29 is 0 Å². The zero-order valence-corrected chi connectivity index (χ0v) is 29.9. The van der Waals surface area contributed by atoms with E-state index < -0.39 is 0 Å². The maximum absolute atomic E-state index is 5.27. The number of para-hydroxylation sites is 1. The molecule has 0 aliphatic carbocycles. The molecule has 258 valence electrons. The first-order valence-corrected chi connectivity index (χ1v) is 18.5. The summed E-state index contributed by atoms with van der Waals surface area (Å²) in [4.78, 5) is 15.6. The Morgan fingerprint density at radius 1 is 0.291 bits per heavy atom. The van der Waals surface area contributed by atoms with E-state index in [1.54, 1.807) is 0 Å². The molecule has 0 unspecified atom stereocenters. The summed E-state index contributed by atoms with van der Waals surface area (Å²) in [6.45, 7) is 0. The van der Waals surface area contributed by atoms with E-state index in [1.807, 2.05) is 24.3 Å². The lowest BCUT2D eigenvalue weighted by Crippen LogP contribution is -2.06. The van der Waals surface area contributed by atoms with Gasteiger partial charge in [-0.25, -0.2) is 4.98 Å². The second kappa shape index (κ2) is 13.8. The molecule has 2 heterocycles. The van der Waals surface area contributed by atoms with Crippen molar-refractivity contribution >= 4 is 21.8 Å². The fourth-order valence-corrected chi connectivity index (χ4v) is 7.56. The van der Waals surface area contributed by atoms with Crippen LogP contribution < -0.4 is 0 Å².